The van der Waals surface area contributed by atoms with Gasteiger partial charge in [-0.25, -0.2) is 0 Å². The zero-order valence-corrected chi connectivity index (χ0v) is 13.8. The Balaban J connectivity index is 2.02. The second kappa shape index (κ2) is 8.72. The first kappa shape index (κ1) is 17.5. The van der Waals surface area contributed by atoms with Gasteiger partial charge < -0.3 is 14.8 Å². The van der Waals surface area contributed by atoms with Gasteiger partial charge >= 0.3 is 0 Å². The zero-order valence-electron chi connectivity index (χ0n) is 13.8. The Morgan fingerprint density at radius 3 is 2.54 bits per heavy atom. The van der Waals surface area contributed by atoms with E-state index in [9.17, 15) is 9.59 Å². The SMILES string of the molecule is CC(C)COc1ccc(C=O)cc1NC(=O)COc1ccccc1. The molecule has 0 aliphatic heterocycles. The molecule has 1 N–H and O–H groups in total. The number of nitrogens with one attached hydrogen (secondary N) is 1. The summed E-state index contributed by atoms with van der Waals surface area (Å²) in [5, 5.41) is 2.73. The normalized spacial score (nSPS) is 10.3. The lowest BCUT2D eigenvalue weighted by Gasteiger charge is -2.14. The lowest BCUT2D eigenvalue weighted by Crippen LogP contribution is -2.21. The van der Waals surface area contributed by atoms with E-state index in [2.05, 4.69) is 5.32 Å². The van der Waals surface area contributed by atoms with Crippen molar-refractivity contribution in [3.63, 3.8) is 0 Å². The van der Waals surface area contributed by atoms with Gasteiger partial charge in [-0.3, -0.25) is 9.59 Å². The highest BCUT2D eigenvalue weighted by Gasteiger charge is 2.11. The number of amides is 1. The van der Waals surface area contributed by atoms with E-state index in [1.807, 2.05) is 32.0 Å². The fourth-order valence-electron chi connectivity index (χ4n) is 1.95. The van der Waals surface area contributed by atoms with Gasteiger partial charge in [-0.2, -0.15) is 0 Å². The molecule has 1 amide bonds. The second-order valence-corrected chi connectivity index (χ2v) is 5.73. The van der Waals surface area contributed by atoms with Crippen molar-refractivity contribution in [2.75, 3.05) is 18.5 Å². The molecule has 0 spiro atoms. The first-order chi connectivity index (χ1) is 11.6. The van der Waals surface area contributed by atoms with E-state index in [0.29, 0.717) is 35.3 Å². The quantitative estimate of drug-likeness (QED) is 0.753. The number of aldehydes is 1. The van der Waals surface area contributed by atoms with Crippen LogP contribution in [0.5, 0.6) is 11.5 Å². The third kappa shape index (κ3) is 5.43. The molecule has 5 nitrogen and oxygen atoms in total. The minimum Gasteiger partial charge on any atom is -0.491 e. The van der Waals surface area contributed by atoms with Crippen molar-refractivity contribution >= 4 is 17.9 Å². The Morgan fingerprint density at radius 2 is 1.88 bits per heavy atom. The summed E-state index contributed by atoms with van der Waals surface area (Å²) in [6.07, 6.45) is 0.725. The lowest BCUT2D eigenvalue weighted by atomic mass is 10.2. The summed E-state index contributed by atoms with van der Waals surface area (Å²) in [4.78, 5) is 23.1. The van der Waals surface area contributed by atoms with E-state index in [0.717, 1.165) is 6.29 Å². The molecular formula is C19H21NO4. The van der Waals surface area contributed by atoms with Crippen molar-refractivity contribution in [1.29, 1.82) is 0 Å². The van der Waals surface area contributed by atoms with Crippen molar-refractivity contribution in [3.05, 3.63) is 54.1 Å². The summed E-state index contributed by atoms with van der Waals surface area (Å²) in [5.74, 6) is 1.17. The number of carbonyl (C=O) groups excluding carboxylic acids is 2. The van der Waals surface area contributed by atoms with Crippen molar-refractivity contribution in [3.8, 4) is 11.5 Å². The summed E-state index contributed by atoms with van der Waals surface area (Å²) >= 11 is 0. The molecule has 0 aromatic heterocycles. The van der Waals surface area contributed by atoms with E-state index in [-0.39, 0.29) is 12.5 Å². The molecule has 2 aromatic carbocycles. The van der Waals surface area contributed by atoms with Crippen LogP contribution < -0.4 is 14.8 Å². The molecule has 0 saturated heterocycles. The minimum atomic E-state index is -0.323. The minimum absolute atomic E-state index is 0.126. The first-order valence-corrected chi connectivity index (χ1v) is 7.78. The van der Waals surface area contributed by atoms with E-state index in [1.165, 1.54) is 0 Å². The molecule has 0 radical (unpaired) electrons. The van der Waals surface area contributed by atoms with Crippen LogP contribution in [0.15, 0.2) is 48.5 Å². The largest absolute Gasteiger partial charge is 0.491 e. The summed E-state index contributed by atoms with van der Waals surface area (Å²) in [5.41, 5.74) is 0.924. The summed E-state index contributed by atoms with van der Waals surface area (Å²) in [6, 6.07) is 14.0. The maximum Gasteiger partial charge on any atom is 0.262 e. The third-order valence-electron chi connectivity index (χ3n) is 3.10. The highest BCUT2D eigenvalue weighted by molar-refractivity contribution is 5.94. The van der Waals surface area contributed by atoms with Crippen LogP contribution in [0.2, 0.25) is 0 Å². The summed E-state index contributed by atoms with van der Waals surface area (Å²) in [6.45, 7) is 4.46. The molecular weight excluding hydrogens is 306 g/mol. The van der Waals surface area contributed by atoms with Crippen molar-refractivity contribution in [2.24, 2.45) is 5.92 Å². The molecule has 2 rings (SSSR count). The van der Waals surface area contributed by atoms with Crippen LogP contribution in [0.4, 0.5) is 5.69 Å². The standard InChI is InChI=1S/C19H21NO4/c1-14(2)12-24-18-9-8-15(11-21)10-17(18)20-19(22)13-23-16-6-4-3-5-7-16/h3-11,14H,12-13H2,1-2H3,(H,20,22). The molecule has 0 bridgehead atoms. The van der Waals surface area contributed by atoms with Gasteiger partial charge in [0.25, 0.3) is 5.91 Å². The number of anilines is 1. The average Bonchev–Trinajstić information content (AvgIpc) is 2.59. The Hall–Kier alpha value is -2.82. The molecule has 0 fully saturated rings. The molecule has 0 atom stereocenters. The molecule has 126 valence electrons. The molecule has 0 aliphatic rings. The highest BCUT2D eigenvalue weighted by Crippen LogP contribution is 2.26. The number of para-hydroxylation sites is 1. The van der Waals surface area contributed by atoms with Gasteiger partial charge in [0, 0.05) is 5.56 Å². The number of hydrogen-bond donors (Lipinski definition) is 1. The molecule has 2 aromatic rings. The highest BCUT2D eigenvalue weighted by atomic mass is 16.5. The van der Waals surface area contributed by atoms with Crippen LogP contribution in [0.3, 0.4) is 0 Å². The van der Waals surface area contributed by atoms with Crippen molar-refractivity contribution in [1.82, 2.24) is 0 Å². The average molecular weight is 327 g/mol. The Morgan fingerprint density at radius 1 is 1.12 bits per heavy atom. The Bertz CT molecular complexity index is 683. The van der Waals surface area contributed by atoms with E-state index in [1.54, 1.807) is 30.3 Å². The van der Waals surface area contributed by atoms with Gasteiger partial charge in [0.2, 0.25) is 0 Å². The fourth-order valence-corrected chi connectivity index (χ4v) is 1.95. The molecule has 24 heavy (non-hydrogen) atoms. The van der Waals surface area contributed by atoms with Gasteiger partial charge in [0.05, 0.1) is 12.3 Å². The van der Waals surface area contributed by atoms with Crippen LogP contribution in [0.1, 0.15) is 24.2 Å². The molecule has 0 heterocycles. The third-order valence-corrected chi connectivity index (χ3v) is 3.10. The van der Waals surface area contributed by atoms with Gasteiger partial charge in [-0.1, -0.05) is 32.0 Å². The predicted octanol–water partition coefficient (Wildman–Crippen LogP) is 3.55. The lowest BCUT2D eigenvalue weighted by molar-refractivity contribution is -0.118. The van der Waals surface area contributed by atoms with Gasteiger partial charge in [0.15, 0.2) is 6.61 Å². The number of benzene rings is 2. The Labute approximate surface area is 141 Å². The Kier molecular flexibility index (Phi) is 6.37. The van der Waals surface area contributed by atoms with Crippen LogP contribution in [-0.4, -0.2) is 25.4 Å². The molecule has 0 unspecified atom stereocenters. The summed E-state index contributed by atoms with van der Waals surface area (Å²) < 4.78 is 11.1. The van der Waals surface area contributed by atoms with E-state index < -0.39 is 0 Å². The predicted molar refractivity (Wildman–Crippen MR) is 92.7 cm³/mol. The zero-order chi connectivity index (χ0) is 17.4. The van der Waals surface area contributed by atoms with Crippen LogP contribution >= 0.6 is 0 Å². The monoisotopic (exact) mass is 327 g/mol. The van der Waals surface area contributed by atoms with Crippen LogP contribution in [0.25, 0.3) is 0 Å². The van der Waals surface area contributed by atoms with E-state index in [4.69, 9.17) is 9.47 Å². The van der Waals surface area contributed by atoms with Crippen molar-refractivity contribution in [2.45, 2.75) is 13.8 Å². The smallest absolute Gasteiger partial charge is 0.262 e. The second-order valence-electron chi connectivity index (χ2n) is 5.73. The van der Waals surface area contributed by atoms with Gasteiger partial charge in [-0.15, -0.1) is 0 Å². The van der Waals surface area contributed by atoms with Gasteiger partial charge in [0.1, 0.15) is 17.8 Å². The molecule has 0 aliphatic carbocycles. The van der Waals surface area contributed by atoms with E-state index >= 15 is 0 Å². The van der Waals surface area contributed by atoms with Crippen LogP contribution in [-0.2, 0) is 4.79 Å². The number of ether oxygens (including phenoxy) is 2. The number of hydrogen-bond acceptors (Lipinski definition) is 4. The maximum atomic E-state index is 12.1. The van der Waals surface area contributed by atoms with Gasteiger partial charge in [-0.05, 0) is 36.2 Å². The fraction of sp³-hybridized carbons (Fsp3) is 0.263. The topological polar surface area (TPSA) is 64.6 Å². The summed E-state index contributed by atoms with van der Waals surface area (Å²) in [7, 11) is 0. The van der Waals surface area contributed by atoms with Crippen molar-refractivity contribution < 1.29 is 19.1 Å². The van der Waals surface area contributed by atoms with Crippen LogP contribution in [0, 0.1) is 5.92 Å². The number of rotatable bonds is 8. The maximum absolute atomic E-state index is 12.1. The molecule has 0 saturated carbocycles. The number of carbonyl (C=O) groups is 2. The molecule has 5 heteroatoms. The first-order valence-electron chi connectivity index (χ1n) is 7.78.